The van der Waals surface area contributed by atoms with Crippen LogP contribution in [-0.4, -0.2) is 23.9 Å². The molecule has 1 aliphatic carbocycles. The standard InChI is InChI=1S/C8H14O2.C4H8O/c1-3-10-7(2)8(9)5-4-6-8;1-3-5-4-2/h9H,2-6H2,1H3;3H,1,4H2,2H3. The van der Waals surface area contributed by atoms with E-state index >= 15 is 0 Å². The van der Waals surface area contributed by atoms with Gasteiger partial charge in [-0.15, -0.1) is 0 Å². The Hall–Kier alpha value is -0.960. The Morgan fingerprint density at radius 3 is 2.20 bits per heavy atom. The molecule has 1 fully saturated rings. The molecule has 1 saturated carbocycles. The molecular formula is C12H22O3. The molecule has 15 heavy (non-hydrogen) atoms. The number of hydrogen-bond donors (Lipinski definition) is 1. The molecule has 3 heteroatoms. The topological polar surface area (TPSA) is 38.7 Å². The van der Waals surface area contributed by atoms with Gasteiger partial charge in [-0.25, -0.2) is 0 Å². The summed E-state index contributed by atoms with van der Waals surface area (Å²) in [6, 6.07) is 0. The summed E-state index contributed by atoms with van der Waals surface area (Å²) in [5.41, 5.74) is -0.685. The highest BCUT2D eigenvalue weighted by atomic mass is 16.5. The molecule has 1 N–H and O–H groups in total. The first-order valence-electron chi connectivity index (χ1n) is 5.37. The van der Waals surface area contributed by atoms with Crippen LogP contribution >= 0.6 is 0 Å². The van der Waals surface area contributed by atoms with Crippen LogP contribution < -0.4 is 0 Å². The van der Waals surface area contributed by atoms with Crippen molar-refractivity contribution in [2.24, 2.45) is 0 Å². The minimum absolute atomic E-state index is 0.543. The maximum atomic E-state index is 9.59. The SMILES string of the molecule is C=C(OCC)C1(O)CCC1.C=COCC. The van der Waals surface area contributed by atoms with Crippen molar-refractivity contribution in [2.75, 3.05) is 13.2 Å². The molecule has 0 amide bonds. The average Bonchev–Trinajstić information content (AvgIpc) is 2.17. The van der Waals surface area contributed by atoms with E-state index in [4.69, 9.17) is 4.74 Å². The van der Waals surface area contributed by atoms with E-state index in [0.717, 1.165) is 25.9 Å². The Balaban J connectivity index is 0.000000336. The monoisotopic (exact) mass is 214 g/mol. The van der Waals surface area contributed by atoms with Crippen LogP contribution in [0.3, 0.4) is 0 Å². The Morgan fingerprint density at radius 1 is 1.40 bits per heavy atom. The molecule has 88 valence electrons. The molecular weight excluding hydrogens is 192 g/mol. The van der Waals surface area contributed by atoms with E-state index in [1.54, 1.807) is 0 Å². The summed E-state index contributed by atoms with van der Waals surface area (Å²) in [6.07, 6.45) is 4.14. The lowest BCUT2D eigenvalue weighted by Gasteiger charge is -2.37. The predicted octanol–water partition coefficient (Wildman–Crippen LogP) is 2.62. The molecule has 0 radical (unpaired) electrons. The summed E-state index contributed by atoms with van der Waals surface area (Å²) in [6.45, 7) is 12.1. The fourth-order valence-electron chi connectivity index (χ4n) is 1.22. The summed E-state index contributed by atoms with van der Waals surface area (Å²) in [7, 11) is 0. The van der Waals surface area contributed by atoms with E-state index in [0.29, 0.717) is 12.4 Å². The summed E-state index contributed by atoms with van der Waals surface area (Å²) >= 11 is 0. The van der Waals surface area contributed by atoms with Crippen LogP contribution in [0, 0.1) is 0 Å². The molecule has 3 nitrogen and oxygen atoms in total. The number of ether oxygens (including phenoxy) is 2. The molecule has 0 saturated heterocycles. The highest BCUT2D eigenvalue weighted by Gasteiger charge is 2.38. The maximum Gasteiger partial charge on any atom is 0.121 e. The molecule has 0 atom stereocenters. The Bertz CT molecular complexity index is 195. The van der Waals surface area contributed by atoms with Crippen molar-refractivity contribution in [3.63, 3.8) is 0 Å². The van der Waals surface area contributed by atoms with E-state index in [-0.39, 0.29) is 0 Å². The molecule has 0 bridgehead atoms. The van der Waals surface area contributed by atoms with Crippen molar-refractivity contribution in [1.82, 2.24) is 0 Å². The zero-order valence-corrected chi connectivity index (χ0v) is 9.79. The lowest BCUT2D eigenvalue weighted by Crippen LogP contribution is -2.39. The summed E-state index contributed by atoms with van der Waals surface area (Å²) in [5.74, 6) is 0.543. The van der Waals surface area contributed by atoms with Gasteiger partial charge in [0.05, 0.1) is 19.5 Å². The van der Waals surface area contributed by atoms with Gasteiger partial charge in [-0.2, -0.15) is 0 Å². The van der Waals surface area contributed by atoms with Crippen LogP contribution in [0.4, 0.5) is 0 Å². The van der Waals surface area contributed by atoms with Crippen molar-refractivity contribution >= 4 is 0 Å². The molecule has 0 aromatic carbocycles. The highest BCUT2D eigenvalue weighted by Crippen LogP contribution is 2.37. The summed E-state index contributed by atoms with van der Waals surface area (Å²) < 4.78 is 9.70. The van der Waals surface area contributed by atoms with Crippen LogP contribution in [0.1, 0.15) is 33.1 Å². The van der Waals surface area contributed by atoms with Crippen LogP contribution in [-0.2, 0) is 9.47 Å². The van der Waals surface area contributed by atoms with Gasteiger partial charge in [0, 0.05) is 0 Å². The van der Waals surface area contributed by atoms with Gasteiger partial charge in [0.15, 0.2) is 0 Å². The van der Waals surface area contributed by atoms with Crippen LogP contribution in [0.5, 0.6) is 0 Å². The number of rotatable bonds is 5. The molecule has 0 aromatic heterocycles. The van der Waals surface area contributed by atoms with Crippen LogP contribution in [0.25, 0.3) is 0 Å². The third-order valence-corrected chi connectivity index (χ3v) is 2.30. The van der Waals surface area contributed by atoms with Gasteiger partial charge in [-0.1, -0.05) is 13.2 Å². The second-order valence-corrected chi connectivity index (χ2v) is 3.36. The zero-order valence-electron chi connectivity index (χ0n) is 9.79. The van der Waals surface area contributed by atoms with E-state index in [1.807, 2.05) is 13.8 Å². The van der Waals surface area contributed by atoms with Gasteiger partial charge in [0.1, 0.15) is 11.4 Å². The predicted molar refractivity (Wildman–Crippen MR) is 61.4 cm³/mol. The second-order valence-electron chi connectivity index (χ2n) is 3.36. The van der Waals surface area contributed by atoms with Crippen molar-refractivity contribution < 1.29 is 14.6 Å². The second kappa shape index (κ2) is 7.35. The van der Waals surface area contributed by atoms with E-state index in [9.17, 15) is 5.11 Å². The van der Waals surface area contributed by atoms with Gasteiger partial charge in [-0.05, 0) is 33.1 Å². The van der Waals surface area contributed by atoms with Gasteiger partial charge in [0.25, 0.3) is 0 Å². The fourth-order valence-corrected chi connectivity index (χ4v) is 1.22. The van der Waals surface area contributed by atoms with E-state index in [1.165, 1.54) is 6.26 Å². The Kier molecular flexibility index (Phi) is 6.88. The van der Waals surface area contributed by atoms with Crippen LogP contribution in [0.2, 0.25) is 0 Å². The highest BCUT2D eigenvalue weighted by molar-refractivity contribution is 5.10. The lowest BCUT2D eigenvalue weighted by molar-refractivity contribution is -0.0452. The molecule has 0 spiro atoms. The van der Waals surface area contributed by atoms with Crippen molar-refractivity contribution in [1.29, 1.82) is 0 Å². The molecule has 0 aliphatic heterocycles. The first-order valence-corrected chi connectivity index (χ1v) is 5.37. The lowest BCUT2D eigenvalue weighted by atomic mass is 9.79. The molecule has 1 rings (SSSR count). The third kappa shape index (κ3) is 4.88. The summed E-state index contributed by atoms with van der Waals surface area (Å²) in [5, 5.41) is 9.59. The third-order valence-electron chi connectivity index (χ3n) is 2.30. The Morgan fingerprint density at radius 2 is 2.00 bits per heavy atom. The normalized spacial score (nSPS) is 16.5. The largest absolute Gasteiger partial charge is 0.502 e. The first-order chi connectivity index (χ1) is 7.10. The number of aliphatic hydroxyl groups is 1. The van der Waals surface area contributed by atoms with Gasteiger partial charge < -0.3 is 14.6 Å². The van der Waals surface area contributed by atoms with Crippen molar-refractivity contribution in [3.05, 3.63) is 25.2 Å². The summed E-state index contributed by atoms with van der Waals surface area (Å²) in [4.78, 5) is 0. The van der Waals surface area contributed by atoms with E-state index < -0.39 is 5.60 Å². The molecule has 0 aromatic rings. The Labute approximate surface area is 92.4 Å². The van der Waals surface area contributed by atoms with Crippen molar-refractivity contribution in [3.8, 4) is 0 Å². The number of hydrogen-bond acceptors (Lipinski definition) is 3. The van der Waals surface area contributed by atoms with Gasteiger partial charge >= 0.3 is 0 Å². The van der Waals surface area contributed by atoms with Crippen LogP contribution in [0.15, 0.2) is 25.2 Å². The van der Waals surface area contributed by atoms with E-state index in [2.05, 4.69) is 17.9 Å². The van der Waals surface area contributed by atoms with Crippen molar-refractivity contribution in [2.45, 2.75) is 38.7 Å². The minimum Gasteiger partial charge on any atom is -0.502 e. The molecule has 0 heterocycles. The smallest absolute Gasteiger partial charge is 0.121 e. The maximum absolute atomic E-state index is 9.59. The quantitative estimate of drug-likeness (QED) is 0.715. The van der Waals surface area contributed by atoms with Gasteiger partial charge in [0.2, 0.25) is 0 Å². The molecule has 1 aliphatic rings. The fraction of sp³-hybridized carbons (Fsp3) is 0.667. The van der Waals surface area contributed by atoms with Gasteiger partial charge in [-0.3, -0.25) is 0 Å². The average molecular weight is 214 g/mol. The zero-order chi connectivity index (χ0) is 11.7. The first kappa shape index (κ1) is 14.0. The molecule has 0 unspecified atom stereocenters. The minimum atomic E-state index is -0.685.